The number of hydrogen-bond acceptors (Lipinski definition) is 4. The molecule has 0 aliphatic carbocycles. The number of halogens is 1. The number of anilines is 1. The number of rotatable bonds is 7. The summed E-state index contributed by atoms with van der Waals surface area (Å²) in [4.78, 5) is 19.0. The highest BCUT2D eigenvalue weighted by Crippen LogP contribution is 2.21. The molecule has 0 fully saturated rings. The fourth-order valence-corrected chi connectivity index (χ4v) is 3.17. The third-order valence-electron chi connectivity index (χ3n) is 4.13. The summed E-state index contributed by atoms with van der Waals surface area (Å²) in [6, 6.07) is 15.5. The number of imidazole rings is 1. The van der Waals surface area contributed by atoms with E-state index in [1.807, 2.05) is 53.1 Å². The van der Waals surface area contributed by atoms with Crippen molar-refractivity contribution in [2.75, 3.05) is 25.5 Å². The Hall–Kier alpha value is -2.38. The summed E-state index contributed by atoms with van der Waals surface area (Å²) in [6.07, 6.45) is 0. The smallest absolute Gasteiger partial charge is 0.242 e. The molecule has 1 amide bonds. The highest BCUT2D eigenvalue weighted by molar-refractivity contribution is 9.10. The van der Waals surface area contributed by atoms with Crippen LogP contribution in [0.25, 0.3) is 11.0 Å². The van der Waals surface area contributed by atoms with Crippen LogP contribution in [-0.2, 0) is 17.9 Å². The lowest BCUT2D eigenvalue weighted by molar-refractivity contribution is -0.130. The number of likely N-dealkylation sites (N-methyl/N-ethyl adjacent to an activating group) is 1. The van der Waals surface area contributed by atoms with Gasteiger partial charge in [-0.2, -0.15) is 0 Å². The zero-order valence-electron chi connectivity index (χ0n) is 14.5. The third kappa shape index (κ3) is 4.05. The van der Waals surface area contributed by atoms with Gasteiger partial charge < -0.3 is 19.9 Å². The number of nitrogens with one attached hydrogen (secondary N) is 1. The number of para-hydroxylation sites is 2. The van der Waals surface area contributed by atoms with Crippen LogP contribution in [0.4, 0.5) is 5.95 Å². The van der Waals surface area contributed by atoms with Crippen LogP contribution in [0, 0.1) is 0 Å². The van der Waals surface area contributed by atoms with E-state index in [9.17, 15) is 4.79 Å². The summed E-state index contributed by atoms with van der Waals surface area (Å²) >= 11 is 3.52. The van der Waals surface area contributed by atoms with Crippen LogP contribution in [0.15, 0.2) is 53.0 Å². The summed E-state index contributed by atoms with van der Waals surface area (Å²) in [5.41, 5.74) is 2.75. The van der Waals surface area contributed by atoms with Gasteiger partial charge in [0.2, 0.25) is 11.9 Å². The standard InChI is InChI=1S/C19H21BrN4O2/c1-23(12-14-6-2-3-7-15(14)20)18(26)13-24-17-9-5-4-8-16(17)22-19(24)21-10-11-25/h2-9,25H,10-13H2,1H3,(H,21,22). The van der Waals surface area contributed by atoms with Crippen LogP contribution in [0.2, 0.25) is 0 Å². The first kappa shape index (κ1) is 18.4. The second-order valence-electron chi connectivity index (χ2n) is 6.00. The second-order valence-corrected chi connectivity index (χ2v) is 6.86. The van der Waals surface area contributed by atoms with Gasteiger partial charge in [-0.1, -0.05) is 46.3 Å². The monoisotopic (exact) mass is 416 g/mol. The van der Waals surface area contributed by atoms with Crippen molar-refractivity contribution in [3.05, 3.63) is 58.6 Å². The van der Waals surface area contributed by atoms with Gasteiger partial charge in [0, 0.05) is 24.6 Å². The number of aromatic nitrogens is 2. The fraction of sp³-hybridized carbons (Fsp3) is 0.263. The molecule has 1 heterocycles. The van der Waals surface area contributed by atoms with Gasteiger partial charge in [0.1, 0.15) is 6.54 Å². The lowest BCUT2D eigenvalue weighted by Gasteiger charge is -2.19. The summed E-state index contributed by atoms with van der Waals surface area (Å²) in [5, 5.41) is 12.2. The third-order valence-corrected chi connectivity index (χ3v) is 4.91. The Balaban J connectivity index is 1.80. The van der Waals surface area contributed by atoms with E-state index < -0.39 is 0 Å². The number of nitrogens with zero attached hydrogens (tertiary/aromatic N) is 3. The van der Waals surface area contributed by atoms with Crippen molar-refractivity contribution in [1.29, 1.82) is 0 Å². The largest absolute Gasteiger partial charge is 0.395 e. The van der Waals surface area contributed by atoms with Gasteiger partial charge in [-0.25, -0.2) is 4.98 Å². The van der Waals surface area contributed by atoms with Gasteiger partial charge in [0.25, 0.3) is 0 Å². The van der Waals surface area contributed by atoms with Crippen molar-refractivity contribution in [1.82, 2.24) is 14.5 Å². The Labute approximate surface area is 160 Å². The Kier molecular flexibility index (Phi) is 5.90. The molecule has 0 saturated heterocycles. The average Bonchev–Trinajstić information content (AvgIpc) is 2.99. The summed E-state index contributed by atoms with van der Waals surface area (Å²) < 4.78 is 2.84. The number of aliphatic hydroxyl groups excluding tert-OH is 1. The van der Waals surface area contributed by atoms with Gasteiger partial charge in [0.05, 0.1) is 17.6 Å². The molecular weight excluding hydrogens is 396 g/mol. The highest BCUT2D eigenvalue weighted by atomic mass is 79.9. The lowest BCUT2D eigenvalue weighted by atomic mass is 10.2. The number of aliphatic hydroxyl groups is 1. The van der Waals surface area contributed by atoms with Crippen LogP contribution in [0.1, 0.15) is 5.56 Å². The molecule has 0 spiro atoms. The molecule has 6 nitrogen and oxygen atoms in total. The Morgan fingerprint density at radius 3 is 2.73 bits per heavy atom. The lowest BCUT2D eigenvalue weighted by Crippen LogP contribution is -2.30. The molecule has 2 aromatic carbocycles. The SMILES string of the molecule is CN(Cc1ccccc1Br)C(=O)Cn1c(NCCO)nc2ccccc21. The van der Waals surface area contributed by atoms with Gasteiger partial charge in [-0.05, 0) is 23.8 Å². The van der Waals surface area contributed by atoms with Crippen molar-refractivity contribution in [2.45, 2.75) is 13.1 Å². The van der Waals surface area contributed by atoms with E-state index in [2.05, 4.69) is 26.2 Å². The molecule has 136 valence electrons. The number of benzene rings is 2. The molecule has 0 atom stereocenters. The number of hydrogen-bond donors (Lipinski definition) is 2. The van der Waals surface area contributed by atoms with Crippen LogP contribution in [-0.4, -0.2) is 45.7 Å². The van der Waals surface area contributed by atoms with E-state index in [0.29, 0.717) is 19.0 Å². The minimum Gasteiger partial charge on any atom is -0.395 e. The van der Waals surface area contributed by atoms with Crippen molar-refractivity contribution in [3.63, 3.8) is 0 Å². The molecule has 0 aliphatic rings. The number of carbonyl (C=O) groups excluding carboxylic acids is 1. The van der Waals surface area contributed by atoms with Gasteiger partial charge in [-0.3, -0.25) is 4.79 Å². The molecular formula is C19H21BrN4O2. The van der Waals surface area contributed by atoms with E-state index in [1.54, 1.807) is 11.9 Å². The molecule has 0 aliphatic heterocycles. The quantitative estimate of drug-likeness (QED) is 0.621. The minimum absolute atomic E-state index is 0.000904. The van der Waals surface area contributed by atoms with E-state index >= 15 is 0 Å². The average molecular weight is 417 g/mol. The number of fused-ring (bicyclic) bond motifs is 1. The first-order valence-electron chi connectivity index (χ1n) is 8.37. The van der Waals surface area contributed by atoms with E-state index in [-0.39, 0.29) is 19.1 Å². The van der Waals surface area contributed by atoms with Gasteiger partial charge >= 0.3 is 0 Å². The van der Waals surface area contributed by atoms with E-state index in [4.69, 9.17) is 5.11 Å². The van der Waals surface area contributed by atoms with Crippen molar-refractivity contribution < 1.29 is 9.90 Å². The zero-order chi connectivity index (χ0) is 18.5. The first-order chi connectivity index (χ1) is 12.6. The zero-order valence-corrected chi connectivity index (χ0v) is 16.1. The molecule has 3 rings (SSSR count). The second kappa shape index (κ2) is 8.33. The molecule has 0 saturated carbocycles. The van der Waals surface area contributed by atoms with Crippen LogP contribution >= 0.6 is 15.9 Å². The molecule has 0 radical (unpaired) electrons. The first-order valence-corrected chi connectivity index (χ1v) is 9.17. The maximum Gasteiger partial charge on any atom is 0.242 e. The molecule has 7 heteroatoms. The van der Waals surface area contributed by atoms with Crippen molar-refractivity contribution >= 4 is 38.8 Å². The molecule has 2 N–H and O–H groups in total. The van der Waals surface area contributed by atoms with E-state index in [0.717, 1.165) is 21.1 Å². The molecule has 1 aromatic heterocycles. The Morgan fingerprint density at radius 2 is 1.96 bits per heavy atom. The maximum absolute atomic E-state index is 12.8. The highest BCUT2D eigenvalue weighted by Gasteiger charge is 2.16. The topological polar surface area (TPSA) is 70.4 Å². The number of amides is 1. The summed E-state index contributed by atoms with van der Waals surface area (Å²) in [5.74, 6) is 0.568. The molecule has 3 aromatic rings. The van der Waals surface area contributed by atoms with Gasteiger partial charge in [-0.15, -0.1) is 0 Å². The summed E-state index contributed by atoms with van der Waals surface area (Å²) in [6.45, 7) is 1.07. The Morgan fingerprint density at radius 1 is 1.23 bits per heavy atom. The number of carbonyl (C=O) groups is 1. The molecule has 0 unspecified atom stereocenters. The van der Waals surface area contributed by atoms with Crippen LogP contribution < -0.4 is 5.32 Å². The van der Waals surface area contributed by atoms with E-state index in [1.165, 1.54) is 0 Å². The molecule has 0 bridgehead atoms. The molecule has 26 heavy (non-hydrogen) atoms. The van der Waals surface area contributed by atoms with Crippen LogP contribution in [0.5, 0.6) is 0 Å². The Bertz CT molecular complexity index is 909. The predicted octanol–water partition coefficient (Wildman–Crippen LogP) is 2.86. The van der Waals surface area contributed by atoms with Crippen molar-refractivity contribution in [3.8, 4) is 0 Å². The minimum atomic E-state index is -0.0176. The van der Waals surface area contributed by atoms with Crippen LogP contribution in [0.3, 0.4) is 0 Å². The normalized spacial score (nSPS) is 10.9. The maximum atomic E-state index is 12.8. The summed E-state index contributed by atoms with van der Waals surface area (Å²) in [7, 11) is 1.79. The van der Waals surface area contributed by atoms with Crippen molar-refractivity contribution in [2.24, 2.45) is 0 Å². The predicted molar refractivity (Wildman–Crippen MR) is 106 cm³/mol. The fourth-order valence-electron chi connectivity index (χ4n) is 2.76. The van der Waals surface area contributed by atoms with Gasteiger partial charge in [0.15, 0.2) is 0 Å².